The van der Waals surface area contributed by atoms with Crippen molar-refractivity contribution in [3.05, 3.63) is 58.4 Å². The minimum atomic E-state index is 0.722. The van der Waals surface area contributed by atoms with E-state index in [9.17, 15) is 0 Å². The first-order valence-corrected chi connectivity index (χ1v) is 9.44. The molecule has 1 rings (SSSR count). The van der Waals surface area contributed by atoms with Gasteiger partial charge in [0.2, 0.25) is 0 Å². The van der Waals surface area contributed by atoms with Crippen LogP contribution < -0.4 is 0 Å². The first-order chi connectivity index (χ1) is 12.0. The Morgan fingerprint density at radius 3 is 1.96 bits per heavy atom. The molecule has 0 aromatic heterocycles. The number of allylic oxidation sites excluding steroid dienone is 8. The van der Waals surface area contributed by atoms with Crippen molar-refractivity contribution in [3.8, 4) is 0 Å². The molecule has 0 saturated carbocycles. The molecular weight excluding hydrogens is 306 g/mol. The smallest absolute Gasteiger partial charge is 0.176 e. The SMILES string of the molecule is CC(C)=CCC/C(C)=C/CC/C(C)=C/CC/C(C)=C/C1=CCN=CO1. The molecule has 0 saturated heterocycles. The molecule has 2 nitrogen and oxygen atoms in total. The zero-order chi connectivity index (χ0) is 18.5. The third-order valence-corrected chi connectivity index (χ3v) is 4.20. The van der Waals surface area contributed by atoms with E-state index >= 15 is 0 Å². The lowest BCUT2D eigenvalue weighted by atomic mass is 10.0. The highest BCUT2D eigenvalue weighted by molar-refractivity contribution is 5.51. The third-order valence-electron chi connectivity index (χ3n) is 4.20. The summed E-state index contributed by atoms with van der Waals surface area (Å²) >= 11 is 0. The number of aliphatic imine (C=N–C) groups is 1. The van der Waals surface area contributed by atoms with Gasteiger partial charge in [0, 0.05) is 0 Å². The Kier molecular flexibility index (Phi) is 10.6. The minimum Gasteiger partial charge on any atom is -0.446 e. The van der Waals surface area contributed by atoms with Crippen molar-refractivity contribution in [2.24, 2.45) is 4.99 Å². The lowest BCUT2D eigenvalue weighted by Gasteiger charge is -2.06. The Labute approximate surface area is 154 Å². The fraction of sp³-hybridized carbons (Fsp3) is 0.522. The predicted octanol–water partition coefficient (Wildman–Crippen LogP) is 7.07. The standard InChI is InChI=1S/C23H35NO/c1-19(2)9-6-10-20(3)11-7-12-21(4)13-8-14-22(5)17-23-15-16-24-18-25-23/h9,11,13,15,17-18H,6-8,10,12,14,16H2,1-5H3/b20-11+,21-13+,22-17+. The number of rotatable bonds is 10. The summed E-state index contributed by atoms with van der Waals surface area (Å²) in [6.07, 6.45) is 19.6. The molecule has 0 spiro atoms. The summed E-state index contributed by atoms with van der Waals surface area (Å²) in [7, 11) is 0. The molecule has 0 N–H and O–H groups in total. The second-order valence-corrected chi connectivity index (χ2v) is 7.18. The van der Waals surface area contributed by atoms with Crippen molar-refractivity contribution in [2.45, 2.75) is 73.1 Å². The van der Waals surface area contributed by atoms with Gasteiger partial charge in [-0.25, -0.2) is 0 Å². The summed E-state index contributed by atoms with van der Waals surface area (Å²) < 4.78 is 5.36. The van der Waals surface area contributed by atoms with Gasteiger partial charge in [-0.1, -0.05) is 40.5 Å². The first kappa shape index (κ1) is 21.2. The van der Waals surface area contributed by atoms with Gasteiger partial charge in [0.15, 0.2) is 6.40 Å². The van der Waals surface area contributed by atoms with Gasteiger partial charge in [0.25, 0.3) is 0 Å². The maximum Gasteiger partial charge on any atom is 0.176 e. The highest BCUT2D eigenvalue weighted by atomic mass is 16.5. The zero-order valence-electron chi connectivity index (χ0n) is 16.8. The molecule has 0 aromatic carbocycles. The van der Waals surface area contributed by atoms with Gasteiger partial charge in [0.1, 0.15) is 5.76 Å². The molecule has 0 aliphatic carbocycles. The van der Waals surface area contributed by atoms with Crippen LogP contribution in [0.25, 0.3) is 0 Å². The topological polar surface area (TPSA) is 21.6 Å². The van der Waals surface area contributed by atoms with Gasteiger partial charge in [0.05, 0.1) is 6.54 Å². The van der Waals surface area contributed by atoms with Crippen LogP contribution in [0.4, 0.5) is 0 Å². The summed E-state index contributed by atoms with van der Waals surface area (Å²) in [5.74, 6) is 0.918. The second kappa shape index (κ2) is 12.5. The predicted molar refractivity (Wildman–Crippen MR) is 111 cm³/mol. The van der Waals surface area contributed by atoms with Crippen LogP contribution in [0.1, 0.15) is 73.1 Å². The highest BCUT2D eigenvalue weighted by Gasteiger charge is 1.98. The summed E-state index contributed by atoms with van der Waals surface area (Å²) in [6, 6.07) is 0. The molecule has 138 valence electrons. The van der Waals surface area contributed by atoms with Crippen molar-refractivity contribution in [3.63, 3.8) is 0 Å². The van der Waals surface area contributed by atoms with Crippen LogP contribution in [-0.2, 0) is 4.74 Å². The molecule has 0 fully saturated rings. The molecule has 0 aromatic rings. The first-order valence-electron chi connectivity index (χ1n) is 9.44. The Bertz CT molecular complexity index is 581. The van der Waals surface area contributed by atoms with Crippen molar-refractivity contribution >= 4 is 6.40 Å². The largest absolute Gasteiger partial charge is 0.446 e. The van der Waals surface area contributed by atoms with E-state index < -0.39 is 0 Å². The fourth-order valence-corrected chi connectivity index (χ4v) is 2.63. The average molecular weight is 342 g/mol. The molecule has 0 atom stereocenters. The fourth-order valence-electron chi connectivity index (χ4n) is 2.63. The van der Waals surface area contributed by atoms with E-state index in [1.165, 1.54) is 35.1 Å². The summed E-state index contributed by atoms with van der Waals surface area (Å²) in [5.41, 5.74) is 5.76. The number of hydrogen-bond acceptors (Lipinski definition) is 2. The summed E-state index contributed by atoms with van der Waals surface area (Å²) in [5, 5.41) is 0. The number of nitrogens with zero attached hydrogens (tertiary/aromatic N) is 1. The van der Waals surface area contributed by atoms with Gasteiger partial charge in [-0.05, 0) is 85.3 Å². The lowest BCUT2D eigenvalue weighted by Crippen LogP contribution is -1.95. The van der Waals surface area contributed by atoms with Gasteiger partial charge >= 0.3 is 0 Å². The van der Waals surface area contributed by atoms with E-state index in [1.807, 2.05) is 6.08 Å². The summed E-state index contributed by atoms with van der Waals surface area (Å²) in [6.45, 7) is 11.7. The van der Waals surface area contributed by atoms with Crippen molar-refractivity contribution < 1.29 is 4.74 Å². The van der Waals surface area contributed by atoms with Crippen LogP contribution in [0.2, 0.25) is 0 Å². The van der Waals surface area contributed by atoms with Crippen LogP contribution in [0.5, 0.6) is 0 Å². The Morgan fingerprint density at radius 2 is 1.44 bits per heavy atom. The monoisotopic (exact) mass is 341 g/mol. The Balaban J connectivity index is 2.25. The van der Waals surface area contributed by atoms with Gasteiger partial charge in [-0.15, -0.1) is 0 Å². The second-order valence-electron chi connectivity index (χ2n) is 7.18. The van der Waals surface area contributed by atoms with Crippen molar-refractivity contribution in [2.75, 3.05) is 6.54 Å². The molecule has 25 heavy (non-hydrogen) atoms. The van der Waals surface area contributed by atoms with E-state index in [-0.39, 0.29) is 0 Å². The van der Waals surface area contributed by atoms with Crippen LogP contribution in [0, 0.1) is 0 Å². The lowest BCUT2D eigenvalue weighted by molar-refractivity contribution is 0.441. The normalized spacial score (nSPS) is 15.7. The third kappa shape index (κ3) is 11.4. The van der Waals surface area contributed by atoms with Gasteiger partial charge in [-0.3, -0.25) is 4.99 Å². The number of hydrogen-bond donors (Lipinski definition) is 0. The molecule has 0 unspecified atom stereocenters. The van der Waals surface area contributed by atoms with Crippen LogP contribution in [0.3, 0.4) is 0 Å². The van der Waals surface area contributed by atoms with Crippen LogP contribution in [0.15, 0.2) is 63.4 Å². The van der Waals surface area contributed by atoms with Crippen molar-refractivity contribution in [1.29, 1.82) is 0 Å². The molecule has 1 heterocycles. The summed E-state index contributed by atoms with van der Waals surface area (Å²) in [4.78, 5) is 4.01. The maximum atomic E-state index is 5.36. The molecule has 0 radical (unpaired) electrons. The molecule has 0 amide bonds. The highest BCUT2D eigenvalue weighted by Crippen LogP contribution is 2.15. The maximum absolute atomic E-state index is 5.36. The number of ether oxygens (including phenoxy) is 1. The Hall–Kier alpha value is -1.83. The van der Waals surface area contributed by atoms with Crippen LogP contribution >= 0.6 is 0 Å². The Morgan fingerprint density at radius 1 is 0.880 bits per heavy atom. The van der Waals surface area contributed by atoms with E-state index in [4.69, 9.17) is 4.74 Å². The van der Waals surface area contributed by atoms with E-state index in [2.05, 4.69) is 63.9 Å². The van der Waals surface area contributed by atoms with E-state index in [1.54, 1.807) is 0 Å². The van der Waals surface area contributed by atoms with Crippen molar-refractivity contribution in [1.82, 2.24) is 0 Å². The van der Waals surface area contributed by atoms with Gasteiger partial charge < -0.3 is 4.74 Å². The molecule has 2 heteroatoms. The zero-order valence-corrected chi connectivity index (χ0v) is 16.8. The van der Waals surface area contributed by atoms with E-state index in [0.717, 1.165) is 44.4 Å². The quantitative estimate of drug-likeness (QED) is 0.389. The van der Waals surface area contributed by atoms with E-state index in [0.29, 0.717) is 0 Å². The molecular formula is C23H35NO. The van der Waals surface area contributed by atoms with Gasteiger partial charge in [-0.2, -0.15) is 0 Å². The molecule has 1 aliphatic rings. The molecule has 1 aliphatic heterocycles. The van der Waals surface area contributed by atoms with Crippen LogP contribution in [-0.4, -0.2) is 12.9 Å². The minimum absolute atomic E-state index is 0.722. The average Bonchev–Trinajstić information content (AvgIpc) is 2.55. The molecule has 0 bridgehead atoms.